The van der Waals surface area contributed by atoms with Gasteiger partial charge in [0.25, 0.3) is 5.56 Å². The third-order valence-electron chi connectivity index (χ3n) is 6.11. The van der Waals surface area contributed by atoms with Gasteiger partial charge in [-0.1, -0.05) is 37.3 Å². The maximum Gasteiger partial charge on any atom is 0.255 e. The second-order valence-corrected chi connectivity index (χ2v) is 8.60. The van der Waals surface area contributed by atoms with Crippen molar-refractivity contribution in [1.29, 1.82) is 0 Å². The first-order valence-electron chi connectivity index (χ1n) is 10.8. The monoisotopic (exact) mass is 396 g/mol. The van der Waals surface area contributed by atoms with E-state index in [0.29, 0.717) is 11.9 Å². The number of hydrogen-bond donors (Lipinski definition) is 1. The number of morpholine rings is 1. The third kappa shape index (κ3) is 4.70. The van der Waals surface area contributed by atoms with Crippen molar-refractivity contribution in [1.82, 2.24) is 14.9 Å². The molecule has 29 heavy (non-hydrogen) atoms. The van der Waals surface area contributed by atoms with E-state index in [1.807, 2.05) is 0 Å². The van der Waals surface area contributed by atoms with Crippen LogP contribution in [0.15, 0.2) is 35.1 Å². The summed E-state index contributed by atoms with van der Waals surface area (Å²) in [6, 6.07) is 10.7. The molecule has 0 aliphatic carbocycles. The number of rotatable bonds is 5. The molecular formula is C23H32N4O2. The molecule has 2 aliphatic heterocycles. The van der Waals surface area contributed by atoms with E-state index in [4.69, 9.17) is 9.72 Å². The van der Waals surface area contributed by atoms with Crippen LogP contribution in [0, 0.1) is 0 Å². The van der Waals surface area contributed by atoms with Crippen LogP contribution in [0.3, 0.4) is 0 Å². The largest absolute Gasteiger partial charge is 0.372 e. The van der Waals surface area contributed by atoms with Crippen LogP contribution in [-0.2, 0) is 17.7 Å². The van der Waals surface area contributed by atoms with Crippen molar-refractivity contribution in [2.75, 3.05) is 31.1 Å². The highest BCUT2D eigenvalue weighted by Gasteiger charge is 2.27. The summed E-state index contributed by atoms with van der Waals surface area (Å²) >= 11 is 0. The Morgan fingerprint density at radius 2 is 1.93 bits per heavy atom. The number of fused-ring (bicyclic) bond motifs is 1. The van der Waals surface area contributed by atoms with E-state index >= 15 is 0 Å². The van der Waals surface area contributed by atoms with Crippen LogP contribution in [0.2, 0.25) is 0 Å². The zero-order valence-electron chi connectivity index (χ0n) is 17.7. The Kier molecular flexibility index (Phi) is 6.01. The Hall–Kier alpha value is -2.18. The first-order chi connectivity index (χ1) is 14.0. The Morgan fingerprint density at radius 3 is 2.66 bits per heavy atom. The summed E-state index contributed by atoms with van der Waals surface area (Å²) in [5.74, 6) is 1.21. The molecule has 3 atom stereocenters. The van der Waals surface area contributed by atoms with Gasteiger partial charge < -0.3 is 9.64 Å². The van der Waals surface area contributed by atoms with Gasteiger partial charge in [0.15, 0.2) is 0 Å². The minimum Gasteiger partial charge on any atom is -0.372 e. The molecule has 2 aliphatic rings. The van der Waals surface area contributed by atoms with Crippen LogP contribution < -0.4 is 10.5 Å². The maximum absolute atomic E-state index is 12.7. The second kappa shape index (κ2) is 8.67. The van der Waals surface area contributed by atoms with Crippen LogP contribution in [0.1, 0.15) is 49.9 Å². The van der Waals surface area contributed by atoms with Crippen molar-refractivity contribution < 1.29 is 4.74 Å². The Morgan fingerprint density at radius 1 is 1.21 bits per heavy atom. The molecule has 0 radical (unpaired) electrons. The number of ether oxygens (including phenoxy) is 1. The number of H-pyrrole nitrogens is 1. The molecule has 0 unspecified atom stereocenters. The number of nitrogens with one attached hydrogen (secondary N) is 1. The van der Waals surface area contributed by atoms with Gasteiger partial charge in [-0.15, -0.1) is 0 Å². The molecule has 4 rings (SSSR count). The Labute approximate surface area is 172 Å². The molecule has 0 spiro atoms. The molecule has 1 saturated heterocycles. The summed E-state index contributed by atoms with van der Waals surface area (Å²) in [6.45, 7) is 10.6. The van der Waals surface area contributed by atoms with Gasteiger partial charge in [0.05, 0.1) is 17.9 Å². The third-order valence-corrected chi connectivity index (χ3v) is 6.11. The van der Waals surface area contributed by atoms with Crippen LogP contribution in [-0.4, -0.2) is 53.3 Å². The second-order valence-electron chi connectivity index (χ2n) is 8.60. The fraction of sp³-hybridized carbons (Fsp3) is 0.565. The molecule has 2 aromatic rings. The molecule has 0 bridgehead atoms. The predicted octanol–water partition coefficient (Wildman–Crippen LogP) is 2.94. The summed E-state index contributed by atoms with van der Waals surface area (Å²) < 4.78 is 5.82. The van der Waals surface area contributed by atoms with Crippen LogP contribution in [0.5, 0.6) is 0 Å². The number of aromatic amines is 1. The maximum atomic E-state index is 12.7. The molecule has 1 fully saturated rings. The average molecular weight is 397 g/mol. The van der Waals surface area contributed by atoms with Crippen molar-refractivity contribution in [3.05, 3.63) is 57.5 Å². The molecule has 6 nitrogen and oxygen atoms in total. The highest BCUT2D eigenvalue weighted by Crippen LogP contribution is 2.22. The lowest BCUT2D eigenvalue weighted by molar-refractivity contribution is -0.00576. The van der Waals surface area contributed by atoms with E-state index in [2.05, 4.69) is 65.9 Å². The zero-order chi connectivity index (χ0) is 20.4. The fourth-order valence-electron chi connectivity index (χ4n) is 4.50. The molecule has 1 N–H and O–H groups in total. The summed E-state index contributed by atoms with van der Waals surface area (Å²) in [6.07, 6.45) is 2.15. The summed E-state index contributed by atoms with van der Waals surface area (Å²) in [4.78, 5) is 25.2. The van der Waals surface area contributed by atoms with Crippen molar-refractivity contribution in [2.45, 2.75) is 58.3 Å². The molecule has 3 heterocycles. The number of nitrogens with zero attached hydrogens (tertiary/aromatic N) is 3. The zero-order valence-corrected chi connectivity index (χ0v) is 17.7. The van der Waals surface area contributed by atoms with Crippen LogP contribution >= 0.6 is 0 Å². The van der Waals surface area contributed by atoms with E-state index in [9.17, 15) is 4.79 Å². The minimum atomic E-state index is 0.0223. The van der Waals surface area contributed by atoms with Crippen molar-refractivity contribution in [3.8, 4) is 0 Å². The SMILES string of the molecule is C[C@@H]1CN(c2nc3c(c(=O)[nH]2)CCN(CC[C@H](C)c2ccccc2)C3)C[C@@H](C)O1. The van der Waals surface area contributed by atoms with E-state index in [-0.39, 0.29) is 17.8 Å². The van der Waals surface area contributed by atoms with E-state index in [1.54, 1.807) is 0 Å². The quantitative estimate of drug-likeness (QED) is 0.842. The van der Waals surface area contributed by atoms with Gasteiger partial charge in [0.2, 0.25) is 5.95 Å². The Bertz CT molecular complexity index is 872. The van der Waals surface area contributed by atoms with Gasteiger partial charge >= 0.3 is 0 Å². The van der Waals surface area contributed by atoms with Crippen LogP contribution in [0.25, 0.3) is 0 Å². The molecule has 6 heteroatoms. The van der Waals surface area contributed by atoms with Crippen molar-refractivity contribution in [2.24, 2.45) is 0 Å². The van der Waals surface area contributed by atoms with E-state index in [0.717, 1.165) is 56.8 Å². The highest BCUT2D eigenvalue weighted by molar-refractivity contribution is 5.35. The van der Waals surface area contributed by atoms with Gasteiger partial charge in [0, 0.05) is 31.7 Å². The van der Waals surface area contributed by atoms with Gasteiger partial charge in [-0.3, -0.25) is 14.7 Å². The van der Waals surface area contributed by atoms with Crippen molar-refractivity contribution in [3.63, 3.8) is 0 Å². The number of anilines is 1. The molecule has 0 amide bonds. The van der Waals surface area contributed by atoms with Crippen molar-refractivity contribution >= 4 is 5.95 Å². The normalized spacial score (nSPS) is 23.6. The summed E-state index contributed by atoms with van der Waals surface area (Å²) in [5, 5.41) is 0. The molecule has 0 saturated carbocycles. The first kappa shape index (κ1) is 20.1. The van der Waals surface area contributed by atoms with E-state index in [1.165, 1.54) is 5.56 Å². The lowest BCUT2D eigenvalue weighted by atomic mass is 9.97. The summed E-state index contributed by atoms with van der Waals surface area (Å²) in [5.41, 5.74) is 3.20. The lowest BCUT2D eigenvalue weighted by Gasteiger charge is -2.36. The smallest absolute Gasteiger partial charge is 0.255 e. The summed E-state index contributed by atoms with van der Waals surface area (Å²) in [7, 11) is 0. The fourth-order valence-corrected chi connectivity index (χ4v) is 4.50. The lowest BCUT2D eigenvalue weighted by Crippen LogP contribution is -2.47. The van der Waals surface area contributed by atoms with Gasteiger partial charge in [-0.05, 0) is 44.7 Å². The Balaban J connectivity index is 1.44. The molecular weight excluding hydrogens is 364 g/mol. The highest BCUT2D eigenvalue weighted by atomic mass is 16.5. The number of benzene rings is 1. The number of hydrogen-bond acceptors (Lipinski definition) is 5. The van der Waals surface area contributed by atoms with E-state index < -0.39 is 0 Å². The standard InChI is InChI=1S/C23H32N4O2/c1-16(19-7-5-4-6-8-19)9-11-26-12-10-20-21(15-26)24-23(25-22(20)28)27-13-17(2)29-18(3)14-27/h4-8,16-18H,9-15H2,1-3H3,(H,24,25,28)/t16-,17+,18+/m0/s1. The van der Waals surface area contributed by atoms with Crippen LogP contribution in [0.4, 0.5) is 5.95 Å². The van der Waals surface area contributed by atoms with Gasteiger partial charge in [-0.25, -0.2) is 4.98 Å². The predicted molar refractivity (Wildman–Crippen MR) is 116 cm³/mol. The number of aromatic nitrogens is 2. The van der Waals surface area contributed by atoms with Gasteiger partial charge in [0.1, 0.15) is 0 Å². The molecule has 1 aromatic heterocycles. The van der Waals surface area contributed by atoms with Gasteiger partial charge in [-0.2, -0.15) is 0 Å². The molecule has 156 valence electrons. The topological polar surface area (TPSA) is 61.5 Å². The average Bonchev–Trinajstić information content (AvgIpc) is 2.71. The first-order valence-corrected chi connectivity index (χ1v) is 10.8. The minimum absolute atomic E-state index is 0.0223. The molecule has 1 aromatic carbocycles.